The van der Waals surface area contributed by atoms with Gasteiger partial charge in [-0.25, -0.2) is 4.79 Å². The Morgan fingerprint density at radius 3 is 3.15 bits per heavy atom. The molecule has 0 aromatic heterocycles. The highest BCUT2D eigenvalue weighted by Crippen LogP contribution is 2.37. The molecule has 1 aromatic carbocycles. The third-order valence-electron chi connectivity index (χ3n) is 2.33. The van der Waals surface area contributed by atoms with Crippen LogP contribution < -0.4 is 4.74 Å². The summed E-state index contributed by atoms with van der Waals surface area (Å²) in [5.74, 6) is 0.810. The highest BCUT2D eigenvalue weighted by molar-refractivity contribution is 5.47. The van der Waals surface area contributed by atoms with Crippen molar-refractivity contribution < 1.29 is 9.53 Å². The van der Waals surface area contributed by atoms with Gasteiger partial charge in [-0.1, -0.05) is 6.07 Å². The fraction of sp³-hybridized carbons (Fsp3) is 0.300. The van der Waals surface area contributed by atoms with Crippen LogP contribution in [-0.4, -0.2) is 13.2 Å². The lowest BCUT2D eigenvalue weighted by atomic mass is 9.83. The van der Waals surface area contributed by atoms with Crippen molar-refractivity contribution in [2.24, 2.45) is 4.99 Å². The summed E-state index contributed by atoms with van der Waals surface area (Å²) >= 11 is 0. The normalized spacial score (nSPS) is 18.1. The Hall–Kier alpha value is -1.60. The van der Waals surface area contributed by atoms with Crippen molar-refractivity contribution in [2.75, 3.05) is 7.11 Å². The van der Waals surface area contributed by atoms with Gasteiger partial charge in [-0.15, -0.1) is 0 Å². The molecular weight excluding hydrogens is 166 g/mol. The number of nitrogens with zero attached hydrogens (tertiary/aromatic N) is 1. The van der Waals surface area contributed by atoms with E-state index in [1.54, 1.807) is 13.2 Å². The van der Waals surface area contributed by atoms with Gasteiger partial charge in [0.2, 0.25) is 6.08 Å². The molecule has 0 amide bonds. The summed E-state index contributed by atoms with van der Waals surface area (Å²) in [6, 6.07) is 5.84. The molecule has 13 heavy (non-hydrogen) atoms. The predicted molar refractivity (Wildman–Crippen MR) is 47.6 cm³/mol. The molecule has 2 rings (SSSR count). The minimum absolute atomic E-state index is 0.00241. The summed E-state index contributed by atoms with van der Waals surface area (Å²) < 4.78 is 5.07. The van der Waals surface area contributed by atoms with Crippen LogP contribution in [0.1, 0.15) is 17.2 Å². The molecular formula is C10H9NO2. The summed E-state index contributed by atoms with van der Waals surface area (Å²) in [6.45, 7) is 0. The Morgan fingerprint density at radius 2 is 2.46 bits per heavy atom. The van der Waals surface area contributed by atoms with E-state index < -0.39 is 0 Å². The third kappa shape index (κ3) is 1.23. The van der Waals surface area contributed by atoms with Crippen LogP contribution >= 0.6 is 0 Å². The van der Waals surface area contributed by atoms with Gasteiger partial charge in [-0.2, -0.15) is 4.99 Å². The topological polar surface area (TPSA) is 38.7 Å². The maximum atomic E-state index is 10.0. The first-order chi connectivity index (χ1) is 6.35. The van der Waals surface area contributed by atoms with Crippen molar-refractivity contribution in [1.29, 1.82) is 0 Å². The first kappa shape index (κ1) is 8.02. The highest BCUT2D eigenvalue weighted by Gasteiger charge is 2.25. The number of aliphatic imine (C=N–C) groups is 1. The van der Waals surface area contributed by atoms with Gasteiger partial charge in [0.05, 0.1) is 13.2 Å². The standard InChI is InChI=1S/C10H9NO2/c1-13-8-3-2-7-4-10(11-6-12)9(7)5-8/h2-3,5,10H,4H2,1H3. The first-order valence-corrected chi connectivity index (χ1v) is 4.09. The minimum Gasteiger partial charge on any atom is -0.497 e. The average Bonchev–Trinajstić information content (AvgIpc) is 2.14. The summed E-state index contributed by atoms with van der Waals surface area (Å²) in [5.41, 5.74) is 2.33. The molecule has 0 heterocycles. The number of rotatable bonds is 2. The van der Waals surface area contributed by atoms with Crippen molar-refractivity contribution in [1.82, 2.24) is 0 Å². The molecule has 1 aliphatic carbocycles. The Labute approximate surface area is 76.1 Å². The van der Waals surface area contributed by atoms with E-state index in [9.17, 15) is 4.79 Å². The van der Waals surface area contributed by atoms with Crippen LogP contribution in [0.25, 0.3) is 0 Å². The molecule has 0 aliphatic heterocycles. The smallest absolute Gasteiger partial charge is 0.235 e. The number of ether oxygens (including phenoxy) is 1. The SMILES string of the molecule is COc1ccc2c(c1)C(N=C=O)C2. The van der Waals surface area contributed by atoms with E-state index in [0.717, 1.165) is 17.7 Å². The van der Waals surface area contributed by atoms with E-state index in [0.29, 0.717) is 0 Å². The van der Waals surface area contributed by atoms with Crippen molar-refractivity contribution in [3.05, 3.63) is 29.3 Å². The summed E-state index contributed by atoms with van der Waals surface area (Å²) in [4.78, 5) is 13.7. The third-order valence-corrected chi connectivity index (χ3v) is 2.33. The predicted octanol–water partition coefficient (Wildman–Crippen LogP) is 1.63. The van der Waals surface area contributed by atoms with Crippen LogP contribution in [-0.2, 0) is 11.2 Å². The molecule has 0 bridgehead atoms. The zero-order chi connectivity index (χ0) is 9.26. The van der Waals surface area contributed by atoms with Crippen LogP contribution in [0.15, 0.2) is 23.2 Å². The second kappa shape index (κ2) is 3.04. The lowest BCUT2D eigenvalue weighted by Crippen LogP contribution is -2.14. The van der Waals surface area contributed by atoms with Gasteiger partial charge in [-0.3, -0.25) is 0 Å². The highest BCUT2D eigenvalue weighted by atomic mass is 16.5. The van der Waals surface area contributed by atoms with Gasteiger partial charge < -0.3 is 4.74 Å². The van der Waals surface area contributed by atoms with Gasteiger partial charge in [0.1, 0.15) is 5.75 Å². The molecule has 1 aliphatic rings. The monoisotopic (exact) mass is 175 g/mol. The maximum absolute atomic E-state index is 10.0. The minimum atomic E-state index is 0.00241. The number of carbonyl (C=O) groups excluding carboxylic acids is 1. The number of methoxy groups -OCH3 is 1. The van der Waals surface area contributed by atoms with Gasteiger partial charge >= 0.3 is 0 Å². The molecule has 0 saturated heterocycles. The molecule has 0 N–H and O–H groups in total. The summed E-state index contributed by atoms with van der Waals surface area (Å²) in [6.07, 6.45) is 2.42. The Bertz CT molecular complexity index is 381. The quantitative estimate of drug-likeness (QED) is 0.506. The van der Waals surface area contributed by atoms with Crippen molar-refractivity contribution >= 4 is 6.08 Å². The summed E-state index contributed by atoms with van der Waals surface area (Å²) in [7, 11) is 1.62. The van der Waals surface area contributed by atoms with Crippen LogP contribution in [0.3, 0.4) is 0 Å². The van der Waals surface area contributed by atoms with Crippen molar-refractivity contribution in [2.45, 2.75) is 12.5 Å². The van der Waals surface area contributed by atoms with Crippen LogP contribution in [0, 0.1) is 0 Å². The van der Waals surface area contributed by atoms with Crippen LogP contribution in [0.4, 0.5) is 0 Å². The molecule has 66 valence electrons. The Kier molecular flexibility index (Phi) is 1.87. The van der Waals surface area contributed by atoms with Gasteiger partial charge in [-0.05, 0) is 23.3 Å². The Balaban J connectivity index is 2.34. The maximum Gasteiger partial charge on any atom is 0.235 e. The molecule has 0 saturated carbocycles. The van der Waals surface area contributed by atoms with E-state index >= 15 is 0 Å². The van der Waals surface area contributed by atoms with E-state index in [2.05, 4.69) is 4.99 Å². The molecule has 1 unspecified atom stereocenters. The van der Waals surface area contributed by atoms with Crippen LogP contribution in [0.5, 0.6) is 5.75 Å². The first-order valence-electron chi connectivity index (χ1n) is 4.09. The number of benzene rings is 1. The molecule has 0 fully saturated rings. The van der Waals surface area contributed by atoms with E-state index in [1.165, 1.54) is 5.56 Å². The number of hydrogen-bond acceptors (Lipinski definition) is 3. The fourth-order valence-corrected chi connectivity index (χ4v) is 1.56. The van der Waals surface area contributed by atoms with E-state index in [1.807, 2.05) is 18.2 Å². The second-order valence-corrected chi connectivity index (χ2v) is 3.01. The fourth-order valence-electron chi connectivity index (χ4n) is 1.56. The van der Waals surface area contributed by atoms with Gasteiger partial charge in [0.25, 0.3) is 0 Å². The van der Waals surface area contributed by atoms with Gasteiger partial charge in [0.15, 0.2) is 0 Å². The molecule has 3 nitrogen and oxygen atoms in total. The van der Waals surface area contributed by atoms with E-state index in [-0.39, 0.29) is 6.04 Å². The average molecular weight is 175 g/mol. The molecule has 0 spiro atoms. The lowest BCUT2D eigenvalue weighted by Gasteiger charge is -2.25. The molecule has 0 radical (unpaired) electrons. The van der Waals surface area contributed by atoms with Gasteiger partial charge in [0, 0.05) is 6.42 Å². The van der Waals surface area contributed by atoms with Crippen LogP contribution in [0.2, 0.25) is 0 Å². The zero-order valence-corrected chi connectivity index (χ0v) is 7.28. The number of isocyanates is 1. The zero-order valence-electron chi connectivity index (χ0n) is 7.28. The number of fused-ring (bicyclic) bond motifs is 1. The Morgan fingerprint density at radius 1 is 1.62 bits per heavy atom. The molecule has 1 atom stereocenters. The largest absolute Gasteiger partial charge is 0.497 e. The summed E-state index contributed by atoms with van der Waals surface area (Å²) in [5, 5.41) is 0. The number of hydrogen-bond donors (Lipinski definition) is 0. The van der Waals surface area contributed by atoms with E-state index in [4.69, 9.17) is 4.74 Å². The molecule has 3 heteroatoms. The van der Waals surface area contributed by atoms with Crippen molar-refractivity contribution in [3.8, 4) is 5.75 Å². The molecule has 1 aromatic rings. The van der Waals surface area contributed by atoms with Crippen molar-refractivity contribution in [3.63, 3.8) is 0 Å². The lowest BCUT2D eigenvalue weighted by molar-refractivity contribution is 0.412. The second-order valence-electron chi connectivity index (χ2n) is 3.01.